The van der Waals surface area contributed by atoms with Crippen molar-refractivity contribution in [2.75, 3.05) is 4.72 Å². The predicted molar refractivity (Wildman–Crippen MR) is 84.2 cm³/mol. The van der Waals surface area contributed by atoms with Crippen LogP contribution in [0.1, 0.15) is 23.6 Å². The molecule has 0 radical (unpaired) electrons. The highest BCUT2D eigenvalue weighted by Crippen LogP contribution is 2.30. The maximum Gasteiger partial charge on any atom is 0.262 e. The Morgan fingerprint density at radius 3 is 2.29 bits per heavy atom. The van der Waals surface area contributed by atoms with Crippen molar-refractivity contribution in [1.82, 2.24) is 0 Å². The summed E-state index contributed by atoms with van der Waals surface area (Å²) in [4.78, 5) is 0.179. The van der Waals surface area contributed by atoms with Crippen LogP contribution in [0.15, 0.2) is 41.3 Å². The summed E-state index contributed by atoms with van der Waals surface area (Å²) in [5.41, 5.74) is 2.79. The highest BCUT2D eigenvalue weighted by atomic mass is 32.2. The molecule has 0 heterocycles. The van der Waals surface area contributed by atoms with E-state index in [2.05, 4.69) is 4.72 Å². The molecule has 2 N–H and O–H groups in total. The van der Waals surface area contributed by atoms with Crippen molar-refractivity contribution in [1.29, 1.82) is 0 Å². The van der Waals surface area contributed by atoms with Crippen molar-refractivity contribution in [3.63, 3.8) is 0 Å². The Bertz CT molecular complexity index is 750. The maximum atomic E-state index is 12.4. The summed E-state index contributed by atoms with van der Waals surface area (Å²) in [6.45, 7) is 5.59. The second-order valence-corrected chi connectivity index (χ2v) is 6.76. The summed E-state index contributed by atoms with van der Waals surface area (Å²) in [5, 5.41) is 9.99. The van der Waals surface area contributed by atoms with Gasteiger partial charge in [0, 0.05) is 0 Å². The Morgan fingerprint density at radius 1 is 1.10 bits per heavy atom. The molecule has 0 aliphatic carbocycles. The zero-order valence-corrected chi connectivity index (χ0v) is 13.2. The van der Waals surface area contributed by atoms with E-state index in [1.165, 1.54) is 0 Å². The Morgan fingerprint density at radius 2 is 1.71 bits per heavy atom. The number of phenols is 1. The second kappa shape index (κ2) is 5.77. The lowest BCUT2D eigenvalue weighted by molar-refractivity contribution is 0.473. The van der Waals surface area contributed by atoms with Gasteiger partial charge in [-0.25, -0.2) is 8.42 Å². The van der Waals surface area contributed by atoms with Gasteiger partial charge in [0.2, 0.25) is 0 Å². The maximum absolute atomic E-state index is 12.4. The van der Waals surface area contributed by atoms with Gasteiger partial charge in [-0.15, -0.1) is 0 Å². The molecule has 0 aromatic heterocycles. The van der Waals surface area contributed by atoms with Gasteiger partial charge >= 0.3 is 0 Å². The molecule has 2 aromatic rings. The molecule has 0 fully saturated rings. The van der Waals surface area contributed by atoms with Gasteiger partial charge in [0.15, 0.2) is 0 Å². The predicted octanol–water partition coefficient (Wildman–Crippen LogP) is 3.37. The van der Waals surface area contributed by atoms with Crippen molar-refractivity contribution in [3.8, 4) is 5.75 Å². The Kier molecular flexibility index (Phi) is 4.23. The van der Waals surface area contributed by atoms with Crippen LogP contribution in [0.25, 0.3) is 0 Å². The molecule has 0 saturated heterocycles. The van der Waals surface area contributed by atoms with Crippen LogP contribution >= 0.6 is 0 Å². The largest absolute Gasteiger partial charge is 0.505 e. The van der Waals surface area contributed by atoms with Crippen LogP contribution in [0.5, 0.6) is 5.75 Å². The monoisotopic (exact) mass is 305 g/mol. The van der Waals surface area contributed by atoms with E-state index < -0.39 is 10.0 Å². The molecule has 0 aliphatic rings. The fourth-order valence-corrected chi connectivity index (χ4v) is 3.20. The zero-order valence-electron chi connectivity index (χ0n) is 12.3. The summed E-state index contributed by atoms with van der Waals surface area (Å²) in [6.07, 6.45) is 0.853. The van der Waals surface area contributed by atoms with Crippen molar-refractivity contribution < 1.29 is 13.5 Å². The molecule has 2 aromatic carbocycles. The molecule has 0 bridgehead atoms. The molecule has 0 amide bonds. The summed E-state index contributed by atoms with van der Waals surface area (Å²) in [6, 6.07) is 10.1. The third-order valence-electron chi connectivity index (χ3n) is 3.33. The molecular formula is C16H19NO3S. The van der Waals surface area contributed by atoms with E-state index in [1.54, 1.807) is 43.3 Å². The molecule has 0 atom stereocenters. The Hall–Kier alpha value is -2.01. The van der Waals surface area contributed by atoms with Gasteiger partial charge in [0.1, 0.15) is 5.75 Å². The first kappa shape index (κ1) is 15.4. The van der Waals surface area contributed by atoms with Crippen LogP contribution in [0.3, 0.4) is 0 Å². The number of nitrogens with one attached hydrogen (secondary N) is 1. The number of aromatic hydroxyl groups is 1. The number of benzene rings is 2. The van der Waals surface area contributed by atoms with Gasteiger partial charge in [-0.05, 0) is 55.2 Å². The van der Waals surface area contributed by atoms with E-state index >= 15 is 0 Å². The molecule has 4 nitrogen and oxygen atoms in total. The van der Waals surface area contributed by atoms with Gasteiger partial charge < -0.3 is 5.11 Å². The molecule has 5 heteroatoms. The lowest BCUT2D eigenvalue weighted by atomic mass is 10.1. The first-order chi connectivity index (χ1) is 9.83. The summed E-state index contributed by atoms with van der Waals surface area (Å²) in [5.74, 6) is -0.0469. The number of sulfonamides is 1. The summed E-state index contributed by atoms with van der Waals surface area (Å²) >= 11 is 0. The van der Waals surface area contributed by atoms with Crippen LogP contribution < -0.4 is 4.72 Å². The van der Waals surface area contributed by atoms with Crippen LogP contribution in [0.2, 0.25) is 0 Å². The lowest BCUT2D eigenvalue weighted by Gasteiger charge is -2.12. The average molecular weight is 305 g/mol. The molecular weight excluding hydrogens is 286 g/mol. The Balaban J connectivity index is 2.37. The smallest absolute Gasteiger partial charge is 0.262 e. The first-order valence-corrected chi connectivity index (χ1v) is 8.24. The van der Waals surface area contributed by atoms with Crippen molar-refractivity contribution in [3.05, 3.63) is 53.1 Å². The second-order valence-electron chi connectivity index (χ2n) is 5.08. The number of hydrogen-bond donors (Lipinski definition) is 2. The number of rotatable bonds is 4. The van der Waals surface area contributed by atoms with E-state index in [0.717, 1.165) is 17.5 Å². The minimum atomic E-state index is -3.70. The van der Waals surface area contributed by atoms with E-state index in [9.17, 15) is 13.5 Å². The molecule has 21 heavy (non-hydrogen) atoms. The minimum Gasteiger partial charge on any atom is -0.505 e. The SMILES string of the molecule is CCc1ccc(S(=O)(=O)Nc2cc(C)cc(C)c2O)cc1. The van der Waals surface area contributed by atoms with E-state index in [4.69, 9.17) is 0 Å². The highest BCUT2D eigenvalue weighted by molar-refractivity contribution is 7.92. The number of phenolic OH excluding ortho intramolecular Hbond substituents is 1. The standard InChI is InChI=1S/C16H19NO3S/c1-4-13-5-7-14(8-6-13)21(19,20)17-15-10-11(2)9-12(3)16(15)18/h5-10,17-18H,4H2,1-3H3. The molecule has 0 aliphatic heterocycles. The topological polar surface area (TPSA) is 66.4 Å². The number of hydrogen-bond acceptors (Lipinski definition) is 3. The quantitative estimate of drug-likeness (QED) is 0.851. The minimum absolute atomic E-state index is 0.0469. The van der Waals surface area contributed by atoms with Gasteiger partial charge in [0.25, 0.3) is 10.0 Å². The molecule has 2 rings (SSSR count). The van der Waals surface area contributed by atoms with E-state index in [1.807, 2.05) is 13.8 Å². The third kappa shape index (κ3) is 3.36. The van der Waals surface area contributed by atoms with Crippen molar-refractivity contribution in [2.45, 2.75) is 32.1 Å². The van der Waals surface area contributed by atoms with Gasteiger partial charge in [-0.2, -0.15) is 0 Å². The molecule has 0 spiro atoms. The molecule has 0 saturated carbocycles. The van der Waals surface area contributed by atoms with Gasteiger partial charge in [-0.3, -0.25) is 4.72 Å². The van der Waals surface area contributed by atoms with Gasteiger partial charge in [-0.1, -0.05) is 25.1 Å². The fraction of sp³-hybridized carbons (Fsp3) is 0.250. The fourth-order valence-electron chi connectivity index (χ4n) is 2.15. The average Bonchev–Trinajstić information content (AvgIpc) is 2.44. The third-order valence-corrected chi connectivity index (χ3v) is 4.71. The number of aryl methyl sites for hydroxylation is 3. The lowest BCUT2D eigenvalue weighted by Crippen LogP contribution is -2.13. The van der Waals surface area contributed by atoms with Crippen LogP contribution in [-0.4, -0.2) is 13.5 Å². The molecule has 112 valence electrons. The van der Waals surface area contributed by atoms with Crippen LogP contribution in [-0.2, 0) is 16.4 Å². The highest BCUT2D eigenvalue weighted by Gasteiger charge is 2.17. The first-order valence-electron chi connectivity index (χ1n) is 6.75. The number of anilines is 1. The van der Waals surface area contributed by atoms with E-state index in [0.29, 0.717) is 5.56 Å². The normalized spacial score (nSPS) is 11.4. The Labute approximate surface area is 125 Å². The van der Waals surface area contributed by atoms with E-state index in [-0.39, 0.29) is 16.3 Å². The summed E-state index contributed by atoms with van der Waals surface area (Å²) in [7, 11) is -3.70. The van der Waals surface area contributed by atoms with Crippen LogP contribution in [0.4, 0.5) is 5.69 Å². The van der Waals surface area contributed by atoms with Crippen molar-refractivity contribution >= 4 is 15.7 Å². The zero-order chi connectivity index (χ0) is 15.6. The summed E-state index contributed by atoms with van der Waals surface area (Å²) < 4.78 is 27.2. The van der Waals surface area contributed by atoms with Crippen molar-refractivity contribution in [2.24, 2.45) is 0 Å². The van der Waals surface area contributed by atoms with Crippen LogP contribution in [0, 0.1) is 13.8 Å². The molecule has 0 unspecified atom stereocenters. The van der Waals surface area contributed by atoms with Gasteiger partial charge in [0.05, 0.1) is 10.6 Å².